The molecule has 0 heterocycles. The van der Waals surface area contributed by atoms with Crippen LogP contribution in [0.1, 0.15) is 104 Å². The Balaban J connectivity index is 0.000000220. The van der Waals surface area contributed by atoms with Gasteiger partial charge in [0.15, 0.2) is 0 Å². The predicted molar refractivity (Wildman–Crippen MR) is 257 cm³/mol. The Morgan fingerprint density at radius 3 is 1.21 bits per heavy atom. The molecule has 10 rings (SSSR count). The van der Waals surface area contributed by atoms with Gasteiger partial charge >= 0.3 is 36.4 Å². The van der Waals surface area contributed by atoms with E-state index in [9.17, 15) is 13.2 Å². The second kappa shape index (κ2) is 21.5. The maximum absolute atomic E-state index is 10.7. The Morgan fingerprint density at radius 1 is 0.607 bits per heavy atom. The van der Waals surface area contributed by atoms with Crippen molar-refractivity contribution >= 4 is 53.2 Å². The molecule has 0 atom stereocenters. The van der Waals surface area contributed by atoms with Crippen molar-refractivity contribution in [1.82, 2.24) is 0 Å². The molecule has 4 saturated carbocycles. The standard InChI is InChI=1S/2C25H27.C3H4F3.CH3.2ClH.Si.Zr/c2*1-17-10-18(2)12-22(11-17)23-5-3-4-21-13-20(14-24(21)23)16-25-8-6-19(15-25)7-9-25;1-2-3(4,5)6;;;;;/h2*3-5,10-14,19H,6-9,15-16H2,1-2H3;1-2H2;1H3;2*1H;;/q4*-1;;;;. The van der Waals surface area contributed by atoms with E-state index in [1.165, 1.54) is 166 Å². The number of fused-ring (bicyclic) bond motifs is 6. The summed E-state index contributed by atoms with van der Waals surface area (Å²) in [6.07, 6.45) is 12.3. The van der Waals surface area contributed by atoms with Crippen molar-refractivity contribution < 1.29 is 36.5 Å². The van der Waals surface area contributed by atoms with Crippen LogP contribution in [0, 0.1) is 64.7 Å². The molecule has 6 aromatic rings. The van der Waals surface area contributed by atoms with Crippen molar-refractivity contribution in [3.63, 3.8) is 0 Å². The molecule has 4 bridgehead atoms. The topological polar surface area (TPSA) is 0 Å². The van der Waals surface area contributed by atoms with E-state index in [0.717, 1.165) is 11.8 Å². The molecular weight excluding hydrogens is 896 g/mol. The van der Waals surface area contributed by atoms with Crippen LogP contribution in [0.15, 0.2) is 97.1 Å². The molecule has 0 amide bonds. The second-order valence-electron chi connectivity index (χ2n) is 18.6. The van der Waals surface area contributed by atoms with Gasteiger partial charge in [-0.1, -0.05) is 88.3 Å². The molecule has 4 fully saturated rings. The van der Waals surface area contributed by atoms with Gasteiger partial charge in [-0.2, -0.15) is 25.3 Å². The van der Waals surface area contributed by atoms with Gasteiger partial charge in [-0.15, -0.1) is 93.9 Å². The third kappa shape index (κ3) is 12.2. The van der Waals surface area contributed by atoms with E-state index in [1.807, 2.05) is 0 Å². The molecule has 4 aliphatic rings. The average molecular weight is 959 g/mol. The van der Waals surface area contributed by atoms with Gasteiger partial charge in [-0.05, 0) is 139 Å². The number of benzene rings is 4. The first-order valence-electron chi connectivity index (χ1n) is 21.4. The van der Waals surface area contributed by atoms with Crippen LogP contribution in [0.3, 0.4) is 0 Å². The van der Waals surface area contributed by atoms with Crippen molar-refractivity contribution in [2.24, 2.45) is 22.7 Å². The van der Waals surface area contributed by atoms with Crippen LogP contribution >= 0.6 is 24.8 Å². The summed E-state index contributed by atoms with van der Waals surface area (Å²) in [7, 11) is 0. The molecule has 0 N–H and O–H groups in total. The summed E-state index contributed by atoms with van der Waals surface area (Å²) in [5.41, 5.74) is 15.3. The molecule has 6 aromatic carbocycles. The third-order valence-electron chi connectivity index (χ3n) is 13.9. The molecule has 4 aliphatic carbocycles. The summed E-state index contributed by atoms with van der Waals surface area (Å²) in [4.78, 5) is 0. The Morgan fingerprint density at radius 2 is 0.934 bits per heavy atom. The number of rotatable bonds is 6. The summed E-state index contributed by atoms with van der Waals surface area (Å²) >= 11 is 1.36. The van der Waals surface area contributed by atoms with E-state index in [2.05, 4.69) is 139 Å². The van der Waals surface area contributed by atoms with Crippen molar-refractivity contribution in [3.05, 3.63) is 145 Å². The normalized spacial score (nSPS) is 21.8. The van der Waals surface area contributed by atoms with Crippen molar-refractivity contribution in [3.8, 4) is 22.3 Å². The average Bonchev–Trinajstić information content (AvgIpc) is 4.05. The maximum atomic E-state index is 10.7. The Bertz CT molecular complexity index is 2160. The van der Waals surface area contributed by atoms with E-state index < -0.39 is 12.6 Å². The molecule has 0 aromatic heterocycles. The first kappa shape index (κ1) is 51.2. The Hall–Kier alpha value is -2.43. The Kier molecular flexibility index (Phi) is 18.0. The number of halogens is 5. The van der Waals surface area contributed by atoms with Crippen LogP contribution in [0.5, 0.6) is 0 Å². The minimum absolute atomic E-state index is 0. The van der Waals surface area contributed by atoms with Crippen LogP contribution in [0.25, 0.3) is 43.8 Å². The van der Waals surface area contributed by atoms with Crippen molar-refractivity contribution in [1.29, 1.82) is 0 Å². The predicted octanol–water partition coefficient (Wildman–Crippen LogP) is 16.6. The molecular formula is C54H63Cl2F3SiZr-4. The zero-order valence-electron chi connectivity index (χ0n) is 36.7. The molecule has 0 aliphatic heterocycles. The van der Waals surface area contributed by atoms with Gasteiger partial charge in [0, 0.05) is 0 Å². The zero-order chi connectivity index (χ0) is 41.2. The summed E-state index contributed by atoms with van der Waals surface area (Å²) < 4.78 is 32.2. The Labute approximate surface area is 394 Å². The summed E-state index contributed by atoms with van der Waals surface area (Å²) in [5, 5.41) is 5.70. The van der Waals surface area contributed by atoms with Gasteiger partial charge in [-0.25, -0.2) is 0 Å². The van der Waals surface area contributed by atoms with Gasteiger partial charge < -0.3 is 14.4 Å². The molecule has 326 valence electrons. The van der Waals surface area contributed by atoms with Gasteiger partial charge in [0.1, 0.15) is 0 Å². The molecule has 0 unspecified atom stereocenters. The van der Waals surface area contributed by atoms with E-state index in [0.29, 0.717) is 10.8 Å². The van der Waals surface area contributed by atoms with Crippen LogP contribution in [-0.4, -0.2) is 13.1 Å². The van der Waals surface area contributed by atoms with E-state index >= 15 is 0 Å². The molecule has 0 saturated heterocycles. The number of hydrogen-bond acceptors (Lipinski definition) is 0. The van der Waals surface area contributed by atoms with Gasteiger partial charge in [0.2, 0.25) is 0 Å². The van der Waals surface area contributed by atoms with E-state index in [4.69, 9.17) is 0 Å². The summed E-state index contributed by atoms with van der Waals surface area (Å²) in [5.74, 6) is 2.07. The van der Waals surface area contributed by atoms with Crippen molar-refractivity contribution in [2.75, 3.05) is 0 Å². The SMILES string of the molecule is Cc1cc(C)cc(-c2cccc3[cH-]c(CC45CCC(CC4)C5)cc23)c1.Cc1cc(C)cc(-c2cccc3[cH-]c(CC45CCC(CC4)C5)cc23)c1.Cl.Cl.[CH2-]CC(F)(F)F.[CH3-].[Si]=[Zr]. The van der Waals surface area contributed by atoms with Crippen molar-refractivity contribution in [2.45, 2.75) is 117 Å². The third-order valence-corrected chi connectivity index (χ3v) is 13.9. The first-order valence-corrected chi connectivity index (χ1v) is 25.6. The van der Waals surface area contributed by atoms with Gasteiger partial charge in [0.05, 0.1) is 0 Å². The zero-order valence-corrected chi connectivity index (χ0v) is 41.8. The first-order chi connectivity index (χ1) is 27.8. The molecule has 0 nitrogen and oxygen atoms in total. The van der Waals surface area contributed by atoms with Crippen LogP contribution in [-0.2, 0) is 36.2 Å². The van der Waals surface area contributed by atoms with Crippen LogP contribution in [0.4, 0.5) is 13.2 Å². The van der Waals surface area contributed by atoms with Crippen LogP contribution in [0.2, 0.25) is 0 Å². The molecule has 7 heteroatoms. The molecule has 61 heavy (non-hydrogen) atoms. The number of hydrogen-bond donors (Lipinski definition) is 0. The molecule has 0 spiro atoms. The minimum atomic E-state index is -4.07. The van der Waals surface area contributed by atoms with E-state index in [-0.39, 0.29) is 32.2 Å². The monoisotopic (exact) mass is 956 g/mol. The summed E-state index contributed by atoms with van der Waals surface area (Å²) in [6.45, 7) is 14.5. The second-order valence-corrected chi connectivity index (χ2v) is 18.6. The number of alkyl halides is 3. The van der Waals surface area contributed by atoms with Gasteiger partial charge in [-0.3, -0.25) is 0 Å². The van der Waals surface area contributed by atoms with E-state index in [1.54, 1.807) is 11.1 Å². The number of aryl methyl sites for hydroxylation is 4. The molecule has 2 radical (unpaired) electrons. The van der Waals surface area contributed by atoms with Gasteiger partial charge in [0.25, 0.3) is 0 Å². The fraction of sp³-hybridized carbons (Fsp3) is 0.407. The fourth-order valence-electron chi connectivity index (χ4n) is 11.5. The quantitative estimate of drug-likeness (QED) is 0.115. The van der Waals surface area contributed by atoms with Crippen LogP contribution < -0.4 is 0 Å². The fourth-order valence-corrected chi connectivity index (χ4v) is 11.5. The summed E-state index contributed by atoms with van der Waals surface area (Å²) in [6, 6.07) is 37.3.